The van der Waals surface area contributed by atoms with Gasteiger partial charge in [-0.2, -0.15) is 0 Å². The van der Waals surface area contributed by atoms with E-state index in [9.17, 15) is 14.9 Å². The van der Waals surface area contributed by atoms with E-state index in [1.165, 1.54) is 30.2 Å². The molecule has 0 bridgehead atoms. The quantitative estimate of drug-likeness (QED) is 0.628. The molecule has 7 heteroatoms. The van der Waals surface area contributed by atoms with Crippen molar-refractivity contribution in [2.24, 2.45) is 5.73 Å². The molecule has 2 rings (SSSR count). The lowest BCUT2D eigenvalue weighted by Crippen LogP contribution is -2.34. The van der Waals surface area contributed by atoms with E-state index in [1.54, 1.807) is 0 Å². The van der Waals surface area contributed by atoms with Gasteiger partial charge in [0.25, 0.3) is 5.69 Å². The van der Waals surface area contributed by atoms with Crippen LogP contribution in [0, 0.1) is 10.1 Å². The van der Waals surface area contributed by atoms with Crippen molar-refractivity contribution in [2.75, 3.05) is 18.6 Å². The minimum absolute atomic E-state index is 0.0842. The third kappa shape index (κ3) is 2.00. The van der Waals surface area contributed by atoms with E-state index >= 15 is 0 Å². The zero-order valence-electron chi connectivity index (χ0n) is 9.83. The van der Waals surface area contributed by atoms with Crippen molar-refractivity contribution in [3.63, 3.8) is 0 Å². The molecule has 1 atom stereocenters. The van der Waals surface area contributed by atoms with E-state index in [0.717, 1.165) is 0 Å². The summed E-state index contributed by atoms with van der Waals surface area (Å²) in [6, 6.07) is 3.59. The number of hydrogen-bond acceptors (Lipinski definition) is 5. The van der Waals surface area contributed by atoms with Crippen LogP contribution in [-0.2, 0) is 4.79 Å². The van der Waals surface area contributed by atoms with Crippen molar-refractivity contribution in [2.45, 2.75) is 12.5 Å². The predicted octanol–water partition coefficient (Wildman–Crippen LogP) is 0.667. The Balaban J connectivity index is 2.44. The summed E-state index contributed by atoms with van der Waals surface area (Å²) in [4.78, 5) is 23.5. The Kier molecular flexibility index (Phi) is 3.15. The molecule has 0 aliphatic carbocycles. The predicted molar refractivity (Wildman–Crippen MR) is 64.6 cm³/mol. The van der Waals surface area contributed by atoms with Crippen LogP contribution in [0.3, 0.4) is 0 Å². The zero-order chi connectivity index (χ0) is 13.3. The fourth-order valence-electron chi connectivity index (χ4n) is 1.94. The standard InChI is InChI=1S/C11H13N3O4/c1-18-10-3-2-7(14(16)17)6-9(10)13-5-4-8(12)11(13)15/h2-3,6,8H,4-5,12H2,1H3. The third-order valence-electron chi connectivity index (χ3n) is 2.91. The third-order valence-corrected chi connectivity index (χ3v) is 2.91. The van der Waals surface area contributed by atoms with Gasteiger partial charge < -0.3 is 15.4 Å². The summed E-state index contributed by atoms with van der Waals surface area (Å²) in [7, 11) is 1.45. The van der Waals surface area contributed by atoms with E-state index < -0.39 is 11.0 Å². The number of amides is 1. The van der Waals surface area contributed by atoms with E-state index in [4.69, 9.17) is 10.5 Å². The number of nitrogens with zero attached hydrogens (tertiary/aromatic N) is 2. The first-order valence-electron chi connectivity index (χ1n) is 5.44. The van der Waals surface area contributed by atoms with Gasteiger partial charge >= 0.3 is 0 Å². The van der Waals surface area contributed by atoms with Gasteiger partial charge in [-0.3, -0.25) is 14.9 Å². The van der Waals surface area contributed by atoms with Gasteiger partial charge in [-0.15, -0.1) is 0 Å². The number of anilines is 1. The molecule has 0 spiro atoms. The number of hydrogen-bond donors (Lipinski definition) is 1. The van der Waals surface area contributed by atoms with Gasteiger partial charge in [0.05, 0.1) is 23.8 Å². The molecule has 2 N–H and O–H groups in total. The molecular formula is C11H13N3O4. The van der Waals surface area contributed by atoms with E-state index in [0.29, 0.717) is 24.4 Å². The van der Waals surface area contributed by atoms with Gasteiger partial charge in [0.15, 0.2) is 0 Å². The number of nitro benzene ring substituents is 1. The molecule has 96 valence electrons. The number of rotatable bonds is 3. The van der Waals surface area contributed by atoms with Gasteiger partial charge in [-0.25, -0.2) is 0 Å². The van der Waals surface area contributed by atoms with Crippen molar-refractivity contribution in [1.82, 2.24) is 0 Å². The Labute approximate surface area is 103 Å². The molecule has 0 saturated carbocycles. The summed E-state index contributed by atoms with van der Waals surface area (Å²) in [6.07, 6.45) is 0.532. The molecular weight excluding hydrogens is 238 g/mol. The highest BCUT2D eigenvalue weighted by molar-refractivity contribution is 6.00. The normalized spacial score (nSPS) is 19.1. The highest BCUT2D eigenvalue weighted by atomic mass is 16.6. The van der Waals surface area contributed by atoms with E-state index in [2.05, 4.69) is 0 Å². The molecule has 18 heavy (non-hydrogen) atoms. The number of nitro groups is 1. The first-order valence-corrected chi connectivity index (χ1v) is 5.44. The van der Waals surface area contributed by atoms with Gasteiger partial charge in [0.2, 0.25) is 5.91 Å². The number of non-ortho nitro benzene ring substituents is 1. The number of benzene rings is 1. The Hall–Kier alpha value is -2.15. The van der Waals surface area contributed by atoms with Crippen LogP contribution in [-0.4, -0.2) is 30.5 Å². The van der Waals surface area contributed by atoms with Crippen molar-refractivity contribution < 1.29 is 14.5 Å². The van der Waals surface area contributed by atoms with Crippen molar-refractivity contribution in [1.29, 1.82) is 0 Å². The maximum absolute atomic E-state index is 11.8. The number of carbonyl (C=O) groups is 1. The van der Waals surface area contributed by atoms with Crippen LogP contribution in [0.2, 0.25) is 0 Å². The van der Waals surface area contributed by atoms with Crippen LogP contribution in [0.5, 0.6) is 5.75 Å². The number of methoxy groups -OCH3 is 1. The fourth-order valence-corrected chi connectivity index (χ4v) is 1.94. The van der Waals surface area contributed by atoms with Gasteiger partial charge in [-0.1, -0.05) is 0 Å². The molecule has 0 radical (unpaired) electrons. The molecule has 1 aromatic rings. The lowest BCUT2D eigenvalue weighted by molar-refractivity contribution is -0.384. The Morgan fingerprint density at radius 1 is 1.56 bits per heavy atom. The van der Waals surface area contributed by atoms with Gasteiger partial charge in [0.1, 0.15) is 5.75 Å². The second-order valence-electron chi connectivity index (χ2n) is 4.00. The van der Waals surface area contributed by atoms with Crippen LogP contribution in [0.25, 0.3) is 0 Å². The lowest BCUT2D eigenvalue weighted by Gasteiger charge is -2.18. The summed E-state index contributed by atoms with van der Waals surface area (Å²) in [5.41, 5.74) is 5.94. The average Bonchev–Trinajstić information content (AvgIpc) is 2.69. The van der Waals surface area contributed by atoms with Gasteiger partial charge in [-0.05, 0) is 12.5 Å². The maximum Gasteiger partial charge on any atom is 0.271 e. The summed E-state index contributed by atoms with van der Waals surface area (Å²) in [6.45, 7) is 0.442. The molecule has 0 aromatic heterocycles. The average molecular weight is 251 g/mol. The highest BCUT2D eigenvalue weighted by Crippen LogP contribution is 2.34. The minimum Gasteiger partial charge on any atom is -0.495 e. The SMILES string of the molecule is COc1ccc([N+](=O)[O-])cc1N1CCC(N)C1=O. The number of nitrogens with two attached hydrogens (primary N) is 1. The second kappa shape index (κ2) is 4.61. The molecule has 1 aromatic carbocycles. The summed E-state index contributed by atoms with van der Waals surface area (Å²) < 4.78 is 5.12. The number of ether oxygens (including phenoxy) is 1. The highest BCUT2D eigenvalue weighted by Gasteiger charge is 2.32. The Morgan fingerprint density at radius 3 is 2.78 bits per heavy atom. The summed E-state index contributed by atoms with van der Waals surface area (Å²) in [5.74, 6) is 0.178. The van der Waals surface area contributed by atoms with E-state index in [-0.39, 0.29) is 11.6 Å². The molecule has 7 nitrogen and oxygen atoms in total. The molecule has 1 unspecified atom stereocenters. The topological polar surface area (TPSA) is 98.7 Å². The zero-order valence-corrected chi connectivity index (χ0v) is 9.83. The molecule has 1 aliphatic heterocycles. The smallest absolute Gasteiger partial charge is 0.271 e. The van der Waals surface area contributed by atoms with Crippen molar-refractivity contribution in [3.8, 4) is 5.75 Å². The van der Waals surface area contributed by atoms with Crippen LogP contribution >= 0.6 is 0 Å². The van der Waals surface area contributed by atoms with Crippen LogP contribution in [0.4, 0.5) is 11.4 Å². The van der Waals surface area contributed by atoms with E-state index in [1.807, 2.05) is 0 Å². The van der Waals surface area contributed by atoms with Crippen molar-refractivity contribution >= 4 is 17.3 Å². The van der Waals surface area contributed by atoms with Crippen LogP contribution in [0.1, 0.15) is 6.42 Å². The second-order valence-corrected chi connectivity index (χ2v) is 4.00. The van der Waals surface area contributed by atoms with Crippen molar-refractivity contribution in [3.05, 3.63) is 28.3 Å². The summed E-state index contributed by atoms with van der Waals surface area (Å²) >= 11 is 0. The van der Waals surface area contributed by atoms with Crippen LogP contribution in [0.15, 0.2) is 18.2 Å². The fraction of sp³-hybridized carbons (Fsp3) is 0.364. The Morgan fingerprint density at radius 2 is 2.28 bits per heavy atom. The maximum atomic E-state index is 11.8. The Bertz CT molecular complexity index is 503. The summed E-state index contributed by atoms with van der Waals surface area (Å²) in [5, 5.41) is 10.8. The monoisotopic (exact) mass is 251 g/mol. The first-order chi connectivity index (χ1) is 8.54. The number of carbonyl (C=O) groups excluding carboxylic acids is 1. The minimum atomic E-state index is -0.547. The molecule has 1 saturated heterocycles. The molecule has 1 amide bonds. The molecule has 1 fully saturated rings. The lowest BCUT2D eigenvalue weighted by atomic mass is 10.2. The first kappa shape index (κ1) is 12.3. The molecule has 1 aliphatic rings. The van der Waals surface area contributed by atoms with Crippen LogP contribution < -0.4 is 15.4 Å². The molecule has 1 heterocycles. The van der Waals surface area contributed by atoms with Gasteiger partial charge in [0, 0.05) is 18.7 Å². The largest absolute Gasteiger partial charge is 0.495 e.